The molecule has 0 fully saturated rings. The second-order valence-electron chi connectivity index (χ2n) is 3.80. The lowest BCUT2D eigenvalue weighted by Crippen LogP contribution is -2.48. The highest BCUT2D eigenvalue weighted by molar-refractivity contribution is 4.84. The van der Waals surface area contributed by atoms with Gasteiger partial charge in [-0.25, -0.2) is 0 Å². The lowest BCUT2D eigenvalue weighted by atomic mass is 9.95. The summed E-state index contributed by atoms with van der Waals surface area (Å²) in [4.78, 5) is 2.31. The second kappa shape index (κ2) is 4.83. The molecule has 2 heteroatoms. The zero-order valence-corrected chi connectivity index (χ0v) is 9.09. The maximum Gasteiger partial charge on any atom is 0.0746 e. The second-order valence-corrected chi connectivity index (χ2v) is 3.80. The molecule has 0 aliphatic rings. The molecular weight excluding hydrogens is 150 g/mol. The van der Waals surface area contributed by atoms with E-state index >= 15 is 0 Å². The van der Waals surface area contributed by atoms with E-state index in [1.54, 1.807) is 0 Å². The fourth-order valence-corrected chi connectivity index (χ4v) is 1.87. The van der Waals surface area contributed by atoms with E-state index in [4.69, 9.17) is 0 Å². The van der Waals surface area contributed by atoms with Crippen molar-refractivity contribution in [2.24, 2.45) is 0 Å². The van der Waals surface area contributed by atoms with Crippen LogP contribution in [0.5, 0.6) is 0 Å². The normalized spacial score (nSPS) is 15.2. The highest BCUT2D eigenvalue weighted by Gasteiger charge is 2.28. The van der Waals surface area contributed by atoms with Crippen LogP contribution in [0.2, 0.25) is 0 Å². The van der Waals surface area contributed by atoms with Gasteiger partial charge in [0.15, 0.2) is 0 Å². The van der Waals surface area contributed by atoms with Gasteiger partial charge in [-0.1, -0.05) is 20.8 Å². The Bertz CT molecular complexity index is 113. The molecule has 1 atom stereocenters. The Morgan fingerprint density at radius 1 is 1.17 bits per heavy atom. The van der Waals surface area contributed by atoms with Crippen LogP contribution in [0.3, 0.4) is 0 Å². The Morgan fingerprint density at radius 3 is 1.67 bits per heavy atom. The molecule has 2 nitrogen and oxygen atoms in total. The van der Waals surface area contributed by atoms with E-state index in [0.29, 0.717) is 0 Å². The largest absolute Gasteiger partial charge is 0.389 e. The van der Waals surface area contributed by atoms with Gasteiger partial charge in [-0.05, 0) is 33.4 Å². The minimum absolute atomic E-state index is 0.285. The molecule has 0 spiro atoms. The van der Waals surface area contributed by atoms with Gasteiger partial charge in [0.05, 0.1) is 5.60 Å². The average Bonchev–Trinajstić information content (AvgIpc) is 1.97. The molecule has 74 valence electrons. The van der Waals surface area contributed by atoms with Crippen molar-refractivity contribution in [1.29, 1.82) is 0 Å². The number of nitrogens with zero attached hydrogens (tertiary/aromatic N) is 1. The first kappa shape index (κ1) is 11.9. The monoisotopic (exact) mass is 173 g/mol. The molecule has 0 aliphatic heterocycles. The smallest absolute Gasteiger partial charge is 0.0746 e. The lowest BCUT2D eigenvalue weighted by Gasteiger charge is -2.37. The number of likely N-dealkylation sites (N-methyl/N-ethyl adjacent to an activating group) is 1. The van der Waals surface area contributed by atoms with Gasteiger partial charge in [-0.15, -0.1) is 0 Å². The van der Waals surface area contributed by atoms with Gasteiger partial charge in [-0.2, -0.15) is 0 Å². The molecular formula is C10H23NO. The van der Waals surface area contributed by atoms with Crippen molar-refractivity contribution < 1.29 is 5.11 Å². The lowest BCUT2D eigenvalue weighted by molar-refractivity contribution is -0.0181. The molecule has 0 bridgehead atoms. The molecule has 0 radical (unpaired) electrons. The third-order valence-electron chi connectivity index (χ3n) is 2.46. The van der Waals surface area contributed by atoms with E-state index in [-0.39, 0.29) is 6.04 Å². The van der Waals surface area contributed by atoms with Gasteiger partial charge in [0.1, 0.15) is 0 Å². The summed E-state index contributed by atoms with van der Waals surface area (Å²) in [5.74, 6) is 0. The molecule has 0 saturated heterocycles. The summed E-state index contributed by atoms with van der Waals surface area (Å²) in [7, 11) is 0. The summed E-state index contributed by atoms with van der Waals surface area (Å²) in [6, 6.07) is 0.285. The van der Waals surface area contributed by atoms with E-state index in [9.17, 15) is 5.11 Å². The standard InChI is InChI=1S/C10H23NO/c1-6-9(10(4,5)12)11(7-2)8-3/h9,12H,6-8H2,1-5H3. The van der Waals surface area contributed by atoms with Gasteiger partial charge in [-0.3, -0.25) is 4.90 Å². The molecule has 1 unspecified atom stereocenters. The molecule has 0 aromatic carbocycles. The number of hydrogen-bond acceptors (Lipinski definition) is 2. The first-order valence-electron chi connectivity index (χ1n) is 4.93. The van der Waals surface area contributed by atoms with E-state index in [0.717, 1.165) is 19.5 Å². The van der Waals surface area contributed by atoms with Crippen molar-refractivity contribution in [3.05, 3.63) is 0 Å². The van der Waals surface area contributed by atoms with Crippen LogP contribution in [0.25, 0.3) is 0 Å². The minimum atomic E-state index is -0.583. The molecule has 1 N–H and O–H groups in total. The molecule has 0 aromatic heterocycles. The molecule has 0 rings (SSSR count). The summed E-state index contributed by atoms with van der Waals surface area (Å²) in [6.07, 6.45) is 1.01. The predicted octanol–water partition coefficient (Wildman–Crippen LogP) is 1.88. The maximum absolute atomic E-state index is 9.87. The molecule has 0 saturated carbocycles. The quantitative estimate of drug-likeness (QED) is 0.686. The Morgan fingerprint density at radius 2 is 1.58 bits per heavy atom. The van der Waals surface area contributed by atoms with Crippen molar-refractivity contribution >= 4 is 0 Å². The molecule has 0 aliphatic carbocycles. The van der Waals surface area contributed by atoms with E-state index < -0.39 is 5.60 Å². The number of hydrogen-bond donors (Lipinski definition) is 1. The predicted molar refractivity (Wildman–Crippen MR) is 53.3 cm³/mol. The molecule has 0 heterocycles. The fraction of sp³-hybridized carbons (Fsp3) is 1.00. The van der Waals surface area contributed by atoms with Gasteiger partial charge >= 0.3 is 0 Å². The van der Waals surface area contributed by atoms with E-state index in [1.807, 2.05) is 13.8 Å². The summed E-state index contributed by atoms with van der Waals surface area (Å²) < 4.78 is 0. The zero-order valence-electron chi connectivity index (χ0n) is 9.09. The van der Waals surface area contributed by atoms with Crippen LogP contribution in [-0.4, -0.2) is 34.7 Å². The van der Waals surface area contributed by atoms with Crippen LogP contribution < -0.4 is 0 Å². The van der Waals surface area contributed by atoms with Crippen molar-refractivity contribution in [3.63, 3.8) is 0 Å². The molecule has 12 heavy (non-hydrogen) atoms. The van der Waals surface area contributed by atoms with Crippen LogP contribution in [-0.2, 0) is 0 Å². The topological polar surface area (TPSA) is 23.5 Å². The zero-order chi connectivity index (χ0) is 9.78. The van der Waals surface area contributed by atoms with Crippen LogP contribution in [0, 0.1) is 0 Å². The van der Waals surface area contributed by atoms with Crippen molar-refractivity contribution in [1.82, 2.24) is 4.90 Å². The average molecular weight is 173 g/mol. The van der Waals surface area contributed by atoms with Crippen LogP contribution in [0.1, 0.15) is 41.0 Å². The van der Waals surface area contributed by atoms with Gasteiger partial charge in [0.25, 0.3) is 0 Å². The number of aliphatic hydroxyl groups is 1. The van der Waals surface area contributed by atoms with E-state index in [2.05, 4.69) is 25.7 Å². The maximum atomic E-state index is 9.87. The Kier molecular flexibility index (Phi) is 4.80. The highest BCUT2D eigenvalue weighted by atomic mass is 16.3. The molecule has 0 amide bonds. The van der Waals surface area contributed by atoms with Gasteiger partial charge in [0, 0.05) is 6.04 Å². The third kappa shape index (κ3) is 3.11. The van der Waals surface area contributed by atoms with E-state index in [1.165, 1.54) is 0 Å². The van der Waals surface area contributed by atoms with Crippen molar-refractivity contribution in [3.8, 4) is 0 Å². The van der Waals surface area contributed by atoms with Crippen LogP contribution in [0.15, 0.2) is 0 Å². The first-order chi connectivity index (χ1) is 5.47. The van der Waals surface area contributed by atoms with Crippen LogP contribution in [0.4, 0.5) is 0 Å². The number of rotatable bonds is 5. The molecule has 0 aromatic rings. The Balaban J connectivity index is 4.31. The Hall–Kier alpha value is -0.0800. The summed E-state index contributed by atoms with van der Waals surface area (Å²) >= 11 is 0. The van der Waals surface area contributed by atoms with Gasteiger partial charge in [0.2, 0.25) is 0 Å². The summed E-state index contributed by atoms with van der Waals surface area (Å²) in [5, 5.41) is 9.87. The van der Waals surface area contributed by atoms with Crippen molar-refractivity contribution in [2.75, 3.05) is 13.1 Å². The van der Waals surface area contributed by atoms with Gasteiger partial charge < -0.3 is 5.11 Å². The fourth-order valence-electron chi connectivity index (χ4n) is 1.87. The van der Waals surface area contributed by atoms with Crippen molar-refractivity contribution in [2.45, 2.75) is 52.7 Å². The summed E-state index contributed by atoms with van der Waals surface area (Å²) in [5.41, 5.74) is -0.583. The third-order valence-corrected chi connectivity index (χ3v) is 2.46. The Labute approximate surface area is 76.6 Å². The first-order valence-corrected chi connectivity index (χ1v) is 4.93. The highest BCUT2D eigenvalue weighted by Crippen LogP contribution is 2.18. The summed E-state index contributed by atoms with van der Waals surface area (Å²) in [6.45, 7) is 12.2. The minimum Gasteiger partial charge on any atom is -0.389 e. The van der Waals surface area contributed by atoms with Crippen LogP contribution >= 0.6 is 0 Å². The SMILES string of the molecule is CCC(N(CC)CC)C(C)(C)O.